The summed E-state index contributed by atoms with van der Waals surface area (Å²) in [6, 6.07) is -0.535. The molecule has 0 aliphatic carbocycles. The second kappa shape index (κ2) is 70.3. The van der Waals surface area contributed by atoms with Gasteiger partial charge in [-0.3, -0.25) is 9.59 Å². The molecular weight excluding hydrogens is 983 g/mol. The lowest BCUT2D eigenvalue weighted by molar-refractivity contribution is -0.143. The topological polar surface area (TPSA) is 95.9 Å². The summed E-state index contributed by atoms with van der Waals surface area (Å²) in [6.45, 7) is 5.00. The Morgan fingerprint density at radius 2 is 0.512 bits per heavy atom. The van der Waals surface area contributed by atoms with Gasteiger partial charge in [0.05, 0.1) is 25.4 Å². The molecule has 0 heterocycles. The highest BCUT2D eigenvalue weighted by Crippen LogP contribution is 2.20. The lowest BCUT2D eigenvalue weighted by Crippen LogP contribution is -2.45. The van der Waals surface area contributed by atoms with E-state index in [4.69, 9.17) is 4.74 Å². The Morgan fingerprint density at radius 3 is 0.762 bits per heavy atom. The number of ether oxygens (including phenoxy) is 1. The fourth-order valence-electron chi connectivity index (χ4n) is 12.2. The van der Waals surface area contributed by atoms with Crippen LogP contribution in [0.15, 0.2) is 0 Å². The molecule has 0 saturated heterocycles. The number of nitrogens with one attached hydrogen (secondary N) is 1. The van der Waals surface area contributed by atoms with Crippen LogP contribution in [0.2, 0.25) is 0 Å². The monoisotopic (exact) mass is 1130 g/mol. The zero-order valence-electron chi connectivity index (χ0n) is 54.9. The molecule has 0 spiro atoms. The minimum Gasteiger partial charge on any atom is -0.466 e. The maximum absolute atomic E-state index is 12.5. The third-order valence-corrected chi connectivity index (χ3v) is 17.9. The summed E-state index contributed by atoms with van der Waals surface area (Å²) in [5, 5.41) is 23.2. The first-order valence-corrected chi connectivity index (χ1v) is 37.3. The van der Waals surface area contributed by atoms with Crippen molar-refractivity contribution in [1.82, 2.24) is 5.32 Å². The Balaban J connectivity index is 3.27. The van der Waals surface area contributed by atoms with Crippen molar-refractivity contribution in [3.63, 3.8) is 0 Å². The molecule has 0 radical (unpaired) electrons. The van der Waals surface area contributed by atoms with E-state index >= 15 is 0 Å². The molecule has 6 heteroatoms. The van der Waals surface area contributed by atoms with Gasteiger partial charge in [-0.2, -0.15) is 0 Å². The molecule has 478 valence electrons. The quantitative estimate of drug-likeness (QED) is 0.0417. The van der Waals surface area contributed by atoms with Gasteiger partial charge in [0.2, 0.25) is 5.91 Å². The van der Waals surface area contributed by atoms with Crippen molar-refractivity contribution < 1.29 is 24.5 Å². The van der Waals surface area contributed by atoms with Crippen molar-refractivity contribution in [3.05, 3.63) is 0 Å². The first-order valence-electron chi connectivity index (χ1n) is 37.3. The zero-order valence-corrected chi connectivity index (χ0v) is 54.9. The molecule has 2 atom stereocenters. The lowest BCUT2D eigenvalue weighted by Gasteiger charge is -2.22. The van der Waals surface area contributed by atoms with Crippen LogP contribution in [0, 0.1) is 0 Å². The van der Waals surface area contributed by atoms with Crippen molar-refractivity contribution >= 4 is 11.9 Å². The number of hydrogen-bond donors (Lipinski definition) is 3. The number of aliphatic hydroxyl groups is 2. The maximum Gasteiger partial charge on any atom is 0.305 e. The van der Waals surface area contributed by atoms with Crippen LogP contribution in [0.3, 0.4) is 0 Å². The number of esters is 1. The van der Waals surface area contributed by atoms with Crippen molar-refractivity contribution in [2.24, 2.45) is 0 Å². The molecule has 0 bridgehead atoms. The van der Waals surface area contributed by atoms with Crippen LogP contribution >= 0.6 is 0 Å². The van der Waals surface area contributed by atoms with E-state index in [9.17, 15) is 19.8 Å². The summed E-state index contributed by atoms with van der Waals surface area (Å²) < 4.78 is 5.52. The molecule has 2 unspecified atom stereocenters. The summed E-state index contributed by atoms with van der Waals surface area (Å²) in [4.78, 5) is 24.6. The fourth-order valence-corrected chi connectivity index (χ4v) is 12.2. The predicted molar refractivity (Wildman–Crippen MR) is 352 cm³/mol. The van der Waals surface area contributed by atoms with E-state index in [1.54, 1.807) is 0 Å². The van der Waals surface area contributed by atoms with Gasteiger partial charge in [-0.05, 0) is 25.7 Å². The molecule has 3 N–H and O–H groups in total. The zero-order chi connectivity index (χ0) is 57.8. The number of hydrogen-bond acceptors (Lipinski definition) is 5. The number of unbranched alkanes of at least 4 members (excludes halogenated alkanes) is 60. The van der Waals surface area contributed by atoms with Crippen LogP contribution in [-0.2, 0) is 14.3 Å². The largest absolute Gasteiger partial charge is 0.466 e. The van der Waals surface area contributed by atoms with E-state index < -0.39 is 12.1 Å². The highest BCUT2D eigenvalue weighted by molar-refractivity contribution is 5.76. The average molecular weight is 1130 g/mol. The SMILES string of the molecule is CCCCCCCCCCCCCCCCCCCCCC(=O)OCCCCCCCCCCCCCCCCCCCCCCCCCCCCCCCCCCCC(=O)NC(CO)C(O)CCCCCCCCCCCCC. The molecule has 0 fully saturated rings. The number of carbonyl (C=O) groups is 2. The first kappa shape index (κ1) is 78.9. The second-order valence-corrected chi connectivity index (χ2v) is 26.0. The van der Waals surface area contributed by atoms with Crippen LogP contribution in [-0.4, -0.2) is 47.4 Å². The number of carbonyl (C=O) groups excluding carboxylic acids is 2. The van der Waals surface area contributed by atoms with Crippen molar-refractivity contribution in [1.29, 1.82) is 0 Å². The van der Waals surface area contributed by atoms with Crippen molar-refractivity contribution in [2.45, 2.75) is 450 Å². The van der Waals surface area contributed by atoms with Gasteiger partial charge in [-0.1, -0.05) is 399 Å². The van der Waals surface area contributed by atoms with Crippen LogP contribution < -0.4 is 5.32 Å². The molecule has 80 heavy (non-hydrogen) atoms. The number of aliphatic hydroxyl groups excluding tert-OH is 2. The van der Waals surface area contributed by atoms with Gasteiger partial charge in [-0.15, -0.1) is 0 Å². The summed E-state index contributed by atoms with van der Waals surface area (Å²) >= 11 is 0. The normalized spacial score (nSPS) is 12.4. The Kier molecular flexibility index (Phi) is 69.3. The molecule has 0 aromatic rings. The van der Waals surface area contributed by atoms with Crippen molar-refractivity contribution in [3.8, 4) is 0 Å². The first-order chi connectivity index (χ1) is 39.5. The highest BCUT2D eigenvalue weighted by atomic mass is 16.5. The van der Waals surface area contributed by atoms with Crippen LogP contribution in [0.25, 0.3) is 0 Å². The summed E-state index contributed by atoms with van der Waals surface area (Å²) in [5.41, 5.74) is 0. The van der Waals surface area contributed by atoms with E-state index in [2.05, 4.69) is 19.2 Å². The maximum atomic E-state index is 12.5. The van der Waals surface area contributed by atoms with E-state index in [1.165, 1.54) is 366 Å². The van der Waals surface area contributed by atoms with Gasteiger partial charge >= 0.3 is 5.97 Å². The molecule has 0 saturated carbocycles. The van der Waals surface area contributed by atoms with Gasteiger partial charge < -0.3 is 20.3 Å². The van der Waals surface area contributed by atoms with E-state index in [0.29, 0.717) is 25.9 Å². The third kappa shape index (κ3) is 66.0. The van der Waals surface area contributed by atoms with Gasteiger partial charge in [0.1, 0.15) is 0 Å². The Bertz CT molecular complexity index is 1160. The average Bonchev–Trinajstić information content (AvgIpc) is 3.46. The molecule has 0 aromatic carbocycles. The van der Waals surface area contributed by atoms with Crippen LogP contribution in [0.4, 0.5) is 0 Å². The standard InChI is InChI=1S/C74H147NO5/c1-3-5-7-9-11-13-15-16-17-18-34-38-41-44-48-52-56-60-64-68-74(79)80-69-65-61-57-53-49-45-42-39-36-33-31-29-27-25-23-21-19-20-22-24-26-28-30-32-35-37-40-43-47-51-55-59-63-67-73(78)75-71(70-76)72(77)66-62-58-54-50-46-14-12-10-8-6-4-2/h71-72,76-77H,3-70H2,1-2H3,(H,75,78). The molecule has 0 aromatic heterocycles. The van der Waals surface area contributed by atoms with Gasteiger partial charge in [0.15, 0.2) is 0 Å². The molecular formula is C74H147NO5. The predicted octanol–water partition coefficient (Wildman–Crippen LogP) is 24.2. The second-order valence-electron chi connectivity index (χ2n) is 26.0. The summed E-state index contributed by atoms with van der Waals surface area (Å²) in [5.74, 6) is -0.000530. The number of rotatable bonds is 71. The Hall–Kier alpha value is -1.14. The van der Waals surface area contributed by atoms with E-state index in [0.717, 1.165) is 38.5 Å². The lowest BCUT2D eigenvalue weighted by atomic mass is 10.0. The fraction of sp³-hybridized carbons (Fsp3) is 0.973. The summed E-state index contributed by atoms with van der Waals surface area (Å²) in [6.07, 6.45) is 86.2. The Labute approximate surface area is 502 Å². The van der Waals surface area contributed by atoms with Gasteiger partial charge in [0, 0.05) is 12.8 Å². The van der Waals surface area contributed by atoms with E-state index in [1.807, 2.05) is 0 Å². The number of amides is 1. The third-order valence-electron chi connectivity index (χ3n) is 17.9. The van der Waals surface area contributed by atoms with Crippen LogP contribution in [0.1, 0.15) is 438 Å². The van der Waals surface area contributed by atoms with Gasteiger partial charge in [0.25, 0.3) is 0 Å². The highest BCUT2D eigenvalue weighted by Gasteiger charge is 2.20. The minimum absolute atomic E-state index is 0.0278. The summed E-state index contributed by atoms with van der Waals surface area (Å²) in [7, 11) is 0. The smallest absolute Gasteiger partial charge is 0.305 e. The minimum atomic E-state index is -0.658. The Morgan fingerprint density at radius 1 is 0.300 bits per heavy atom. The van der Waals surface area contributed by atoms with Crippen LogP contribution in [0.5, 0.6) is 0 Å². The molecule has 0 aliphatic rings. The van der Waals surface area contributed by atoms with Crippen molar-refractivity contribution in [2.75, 3.05) is 13.2 Å². The molecule has 1 amide bonds. The molecule has 6 nitrogen and oxygen atoms in total. The van der Waals surface area contributed by atoms with E-state index in [-0.39, 0.29) is 18.5 Å². The van der Waals surface area contributed by atoms with Gasteiger partial charge in [-0.25, -0.2) is 0 Å². The molecule has 0 rings (SSSR count). The molecule has 0 aliphatic heterocycles.